The number of nitrogens with zero attached hydrogens (tertiary/aromatic N) is 3. The number of esters is 1. The second-order valence-electron chi connectivity index (χ2n) is 4.80. The highest BCUT2D eigenvalue weighted by Crippen LogP contribution is 2.13. The van der Waals surface area contributed by atoms with Crippen molar-refractivity contribution in [3.05, 3.63) is 12.4 Å². The maximum atomic E-state index is 11.0. The molecule has 0 saturated heterocycles. The Morgan fingerprint density at radius 3 is 2.84 bits per heavy atom. The van der Waals surface area contributed by atoms with Gasteiger partial charge in [-0.3, -0.25) is 4.79 Å². The summed E-state index contributed by atoms with van der Waals surface area (Å²) in [6, 6.07) is 1.82. The van der Waals surface area contributed by atoms with Gasteiger partial charge in [-0.2, -0.15) is 0 Å². The van der Waals surface area contributed by atoms with Crippen molar-refractivity contribution in [2.75, 3.05) is 37.5 Å². The standard InChI is InChI=1S/C13H22N4O2/c1-10(2)5-6-17(3)12-7-11(15-9-16-12)14-8-13(18)19-4/h7,9-10H,5-6,8H2,1-4H3,(H,14,15,16). The number of nitrogens with one attached hydrogen (secondary N) is 1. The molecule has 0 radical (unpaired) electrons. The van der Waals surface area contributed by atoms with Crippen LogP contribution in [-0.4, -0.2) is 43.2 Å². The van der Waals surface area contributed by atoms with Crippen molar-refractivity contribution in [2.24, 2.45) is 5.92 Å². The lowest BCUT2D eigenvalue weighted by Gasteiger charge is -2.19. The summed E-state index contributed by atoms with van der Waals surface area (Å²) in [5, 5.41) is 2.90. The third kappa shape index (κ3) is 5.54. The second kappa shape index (κ2) is 7.56. The first-order valence-corrected chi connectivity index (χ1v) is 6.36. The number of carbonyl (C=O) groups excluding carboxylic acids is 1. The monoisotopic (exact) mass is 266 g/mol. The maximum Gasteiger partial charge on any atom is 0.325 e. The van der Waals surface area contributed by atoms with Crippen molar-refractivity contribution in [3.63, 3.8) is 0 Å². The molecule has 0 aromatic carbocycles. The lowest BCUT2D eigenvalue weighted by Crippen LogP contribution is -2.22. The maximum absolute atomic E-state index is 11.0. The zero-order valence-electron chi connectivity index (χ0n) is 12.0. The van der Waals surface area contributed by atoms with Crippen LogP contribution in [0.5, 0.6) is 0 Å². The topological polar surface area (TPSA) is 67.3 Å². The summed E-state index contributed by atoms with van der Waals surface area (Å²) >= 11 is 0. The molecule has 0 bridgehead atoms. The fourth-order valence-corrected chi connectivity index (χ4v) is 1.45. The molecular formula is C13H22N4O2. The first-order chi connectivity index (χ1) is 9.02. The Hall–Kier alpha value is -1.85. The molecule has 1 aromatic rings. The molecule has 0 atom stereocenters. The Bertz CT molecular complexity index is 409. The van der Waals surface area contributed by atoms with Crippen molar-refractivity contribution >= 4 is 17.6 Å². The zero-order valence-corrected chi connectivity index (χ0v) is 12.0. The number of hydrogen-bond donors (Lipinski definition) is 1. The van der Waals surface area contributed by atoms with Crippen LogP contribution in [-0.2, 0) is 9.53 Å². The Balaban J connectivity index is 2.58. The predicted octanol–water partition coefficient (Wildman–Crippen LogP) is 1.54. The SMILES string of the molecule is COC(=O)CNc1cc(N(C)CCC(C)C)ncn1. The first kappa shape index (κ1) is 15.2. The van der Waals surface area contributed by atoms with E-state index in [0.717, 1.165) is 18.8 Å². The van der Waals surface area contributed by atoms with Gasteiger partial charge in [0.15, 0.2) is 0 Å². The minimum atomic E-state index is -0.326. The molecule has 0 amide bonds. The number of ether oxygens (including phenoxy) is 1. The van der Waals surface area contributed by atoms with E-state index in [4.69, 9.17) is 0 Å². The highest BCUT2D eigenvalue weighted by atomic mass is 16.5. The van der Waals surface area contributed by atoms with Crippen LogP contribution >= 0.6 is 0 Å². The summed E-state index contributed by atoms with van der Waals surface area (Å²) in [6.45, 7) is 5.42. The van der Waals surface area contributed by atoms with E-state index in [1.807, 2.05) is 13.1 Å². The van der Waals surface area contributed by atoms with Gasteiger partial charge in [0.2, 0.25) is 0 Å². The van der Waals surface area contributed by atoms with Crippen molar-refractivity contribution < 1.29 is 9.53 Å². The fraction of sp³-hybridized carbons (Fsp3) is 0.615. The predicted molar refractivity (Wildman–Crippen MR) is 75.3 cm³/mol. The Morgan fingerprint density at radius 1 is 1.47 bits per heavy atom. The molecule has 0 aliphatic heterocycles. The van der Waals surface area contributed by atoms with Crippen LogP contribution in [0.4, 0.5) is 11.6 Å². The van der Waals surface area contributed by atoms with Gasteiger partial charge in [0.05, 0.1) is 7.11 Å². The van der Waals surface area contributed by atoms with Crippen LogP contribution in [0.2, 0.25) is 0 Å². The van der Waals surface area contributed by atoms with E-state index in [1.165, 1.54) is 13.4 Å². The molecule has 19 heavy (non-hydrogen) atoms. The van der Waals surface area contributed by atoms with Crippen LogP contribution in [0.1, 0.15) is 20.3 Å². The zero-order chi connectivity index (χ0) is 14.3. The number of rotatable bonds is 7. The molecule has 0 spiro atoms. The molecule has 1 rings (SSSR count). The van der Waals surface area contributed by atoms with E-state index in [9.17, 15) is 4.79 Å². The highest BCUT2D eigenvalue weighted by Gasteiger charge is 2.06. The molecule has 0 aliphatic rings. The van der Waals surface area contributed by atoms with Crippen LogP contribution in [0.15, 0.2) is 12.4 Å². The first-order valence-electron chi connectivity index (χ1n) is 6.36. The molecule has 0 aliphatic carbocycles. The van der Waals surface area contributed by atoms with Crippen molar-refractivity contribution in [2.45, 2.75) is 20.3 Å². The average Bonchev–Trinajstić information content (AvgIpc) is 2.42. The van der Waals surface area contributed by atoms with E-state index in [0.29, 0.717) is 11.7 Å². The number of methoxy groups -OCH3 is 1. The van der Waals surface area contributed by atoms with Crippen molar-refractivity contribution in [3.8, 4) is 0 Å². The average molecular weight is 266 g/mol. The third-order valence-corrected chi connectivity index (χ3v) is 2.73. The van der Waals surface area contributed by atoms with Gasteiger partial charge in [0.1, 0.15) is 24.5 Å². The minimum absolute atomic E-state index is 0.0999. The molecule has 6 nitrogen and oxygen atoms in total. The molecule has 1 aromatic heterocycles. The van der Waals surface area contributed by atoms with Crippen LogP contribution in [0.3, 0.4) is 0 Å². The lowest BCUT2D eigenvalue weighted by atomic mass is 10.1. The van der Waals surface area contributed by atoms with Gasteiger partial charge in [0.25, 0.3) is 0 Å². The van der Waals surface area contributed by atoms with Crippen molar-refractivity contribution in [1.29, 1.82) is 0 Å². The van der Waals surface area contributed by atoms with E-state index >= 15 is 0 Å². The molecule has 1 heterocycles. The van der Waals surface area contributed by atoms with Gasteiger partial charge in [-0.1, -0.05) is 13.8 Å². The number of aromatic nitrogens is 2. The minimum Gasteiger partial charge on any atom is -0.468 e. The second-order valence-corrected chi connectivity index (χ2v) is 4.80. The molecule has 0 unspecified atom stereocenters. The summed E-state index contributed by atoms with van der Waals surface area (Å²) in [5.74, 6) is 1.78. The molecule has 106 valence electrons. The number of carbonyl (C=O) groups is 1. The van der Waals surface area contributed by atoms with Gasteiger partial charge >= 0.3 is 5.97 Å². The smallest absolute Gasteiger partial charge is 0.325 e. The summed E-state index contributed by atoms with van der Waals surface area (Å²) in [5.41, 5.74) is 0. The van der Waals surface area contributed by atoms with Crippen LogP contribution in [0.25, 0.3) is 0 Å². The quantitative estimate of drug-likeness (QED) is 0.755. The molecule has 0 saturated carbocycles. The van der Waals surface area contributed by atoms with Crippen LogP contribution in [0, 0.1) is 5.92 Å². The van der Waals surface area contributed by atoms with Crippen LogP contribution < -0.4 is 10.2 Å². The summed E-state index contributed by atoms with van der Waals surface area (Å²) in [6.07, 6.45) is 2.59. The summed E-state index contributed by atoms with van der Waals surface area (Å²) in [4.78, 5) is 21.4. The van der Waals surface area contributed by atoms with Gasteiger partial charge in [0, 0.05) is 19.7 Å². The largest absolute Gasteiger partial charge is 0.468 e. The lowest BCUT2D eigenvalue weighted by molar-refractivity contribution is -0.138. The van der Waals surface area contributed by atoms with E-state index < -0.39 is 0 Å². The van der Waals surface area contributed by atoms with Gasteiger partial charge < -0.3 is 15.0 Å². The number of hydrogen-bond acceptors (Lipinski definition) is 6. The van der Waals surface area contributed by atoms with Gasteiger partial charge in [-0.15, -0.1) is 0 Å². The molecule has 0 fully saturated rings. The van der Waals surface area contributed by atoms with Gasteiger partial charge in [-0.25, -0.2) is 9.97 Å². The highest BCUT2D eigenvalue weighted by molar-refractivity contribution is 5.74. The molecular weight excluding hydrogens is 244 g/mol. The number of anilines is 2. The Kier molecular flexibility index (Phi) is 6.05. The van der Waals surface area contributed by atoms with Gasteiger partial charge in [-0.05, 0) is 12.3 Å². The summed E-state index contributed by atoms with van der Waals surface area (Å²) < 4.78 is 4.56. The molecule has 6 heteroatoms. The van der Waals surface area contributed by atoms with E-state index in [-0.39, 0.29) is 12.5 Å². The Morgan fingerprint density at radius 2 is 2.21 bits per heavy atom. The fourth-order valence-electron chi connectivity index (χ4n) is 1.45. The van der Waals surface area contributed by atoms with E-state index in [1.54, 1.807) is 0 Å². The van der Waals surface area contributed by atoms with E-state index in [2.05, 4.69) is 38.8 Å². The van der Waals surface area contributed by atoms with Crippen molar-refractivity contribution in [1.82, 2.24) is 9.97 Å². The Labute approximate surface area is 114 Å². The normalized spacial score (nSPS) is 10.4. The summed E-state index contributed by atoms with van der Waals surface area (Å²) in [7, 11) is 3.35. The molecule has 1 N–H and O–H groups in total. The third-order valence-electron chi connectivity index (χ3n) is 2.73.